The summed E-state index contributed by atoms with van der Waals surface area (Å²) < 4.78 is 41.1. The molecule has 0 fully saturated rings. The van der Waals surface area contributed by atoms with Gasteiger partial charge < -0.3 is 9.47 Å². The first-order valence-electron chi connectivity index (χ1n) is 10.4. The second kappa shape index (κ2) is 7.63. The van der Waals surface area contributed by atoms with Crippen LogP contribution >= 0.6 is 0 Å². The molecule has 2 aromatic heterocycles. The Kier molecular flexibility index (Phi) is 4.89. The molecule has 0 spiro atoms. The smallest absolute Gasteiger partial charge is 0.265 e. The van der Waals surface area contributed by atoms with Crippen LogP contribution in [0.2, 0.25) is 0 Å². The molecule has 2 aromatic carbocycles. The lowest BCUT2D eigenvalue weighted by molar-refractivity contribution is 0.171. The summed E-state index contributed by atoms with van der Waals surface area (Å²) in [7, 11) is -2.47. The number of aromatic nitrogens is 4. The van der Waals surface area contributed by atoms with Gasteiger partial charge in [0.25, 0.3) is 10.0 Å². The molecular formula is C22H23N5O4S. The molecule has 0 bridgehead atoms. The fraction of sp³-hybridized carbons (Fsp3) is 0.318. The zero-order chi connectivity index (χ0) is 22.5. The number of nitrogens with zero attached hydrogens (tertiary/aromatic N) is 5. The highest BCUT2D eigenvalue weighted by Crippen LogP contribution is 2.34. The van der Waals surface area contributed by atoms with Crippen LogP contribution < -0.4 is 13.8 Å². The molecule has 0 amide bonds. The summed E-state index contributed by atoms with van der Waals surface area (Å²) in [5.41, 5.74) is 1.88. The van der Waals surface area contributed by atoms with E-state index in [0.717, 1.165) is 15.6 Å². The van der Waals surface area contributed by atoms with Crippen molar-refractivity contribution < 1.29 is 17.9 Å². The van der Waals surface area contributed by atoms with E-state index < -0.39 is 10.0 Å². The van der Waals surface area contributed by atoms with Gasteiger partial charge in [-0.3, -0.25) is 4.40 Å². The van der Waals surface area contributed by atoms with Crippen molar-refractivity contribution in [3.63, 3.8) is 0 Å². The molecule has 0 aliphatic carbocycles. The number of rotatable bonds is 5. The fourth-order valence-corrected chi connectivity index (χ4v) is 4.95. The van der Waals surface area contributed by atoms with E-state index in [9.17, 15) is 8.42 Å². The fourth-order valence-electron chi connectivity index (χ4n) is 3.79. The van der Waals surface area contributed by atoms with Crippen LogP contribution in [0.1, 0.15) is 19.7 Å². The maximum absolute atomic E-state index is 13.5. The van der Waals surface area contributed by atoms with Crippen LogP contribution in [-0.2, 0) is 16.4 Å². The van der Waals surface area contributed by atoms with Gasteiger partial charge in [0.05, 0.1) is 15.9 Å². The molecule has 166 valence electrons. The molecular weight excluding hydrogens is 430 g/mol. The number of hydrogen-bond acceptors (Lipinski definition) is 7. The largest absolute Gasteiger partial charge is 0.486 e. The van der Waals surface area contributed by atoms with Crippen molar-refractivity contribution in [1.82, 2.24) is 19.6 Å². The number of hydrogen-bond donors (Lipinski definition) is 0. The van der Waals surface area contributed by atoms with Crippen LogP contribution in [0.5, 0.6) is 11.5 Å². The Bertz CT molecular complexity index is 1430. The Morgan fingerprint density at radius 3 is 2.59 bits per heavy atom. The van der Waals surface area contributed by atoms with Crippen LogP contribution in [0.3, 0.4) is 0 Å². The monoisotopic (exact) mass is 453 g/mol. The van der Waals surface area contributed by atoms with Gasteiger partial charge in [0.1, 0.15) is 19.0 Å². The average molecular weight is 454 g/mol. The van der Waals surface area contributed by atoms with Crippen LogP contribution in [0.25, 0.3) is 16.7 Å². The standard InChI is InChI=1S/C22H23N5O4S/c1-14(2)12-20-24-25-22-21(23-16-6-4-5-7-17(16)27(20)22)26(3)32(28,29)15-8-9-18-19(13-15)31-11-10-30-18/h4-9,13-14H,10-12H2,1-3H3. The van der Waals surface area contributed by atoms with E-state index in [1.165, 1.54) is 19.2 Å². The zero-order valence-corrected chi connectivity index (χ0v) is 18.8. The zero-order valence-electron chi connectivity index (χ0n) is 18.0. The van der Waals surface area contributed by atoms with Crippen molar-refractivity contribution in [3.05, 3.63) is 48.3 Å². The average Bonchev–Trinajstić information content (AvgIpc) is 3.21. The van der Waals surface area contributed by atoms with Crippen molar-refractivity contribution in [2.45, 2.75) is 25.2 Å². The molecule has 9 nitrogen and oxygen atoms in total. The van der Waals surface area contributed by atoms with Crippen LogP contribution in [-0.4, -0.2) is 48.3 Å². The first-order valence-corrected chi connectivity index (χ1v) is 11.8. The molecule has 0 unspecified atom stereocenters. The highest BCUT2D eigenvalue weighted by molar-refractivity contribution is 7.92. The molecule has 0 N–H and O–H groups in total. The topological polar surface area (TPSA) is 98.9 Å². The van der Waals surface area contributed by atoms with Crippen LogP contribution in [0, 0.1) is 5.92 Å². The number of benzene rings is 2. The third-order valence-electron chi connectivity index (χ3n) is 5.34. The van der Waals surface area contributed by atoms with E-state index in [2.05, 4.69) is 29.0 Å². The minimum absolute atomic E-state index is 0.0827. The summed E-state index contributed by atoms with van der Waals surface area (Å²) in [5.74, 6) is 2.27. The van der Waals surface area contributed by atoms with E-state index in [0.29, 0.717) is 48.2 Å². The van der Waals surface area contributed by atoms with Gasteiger partial charge in [-0.05, 0) is 30.2 Å². The Morgan fingerprint density at radius 1 is 1.06 bits per heavy atom. The lowest BCUT2D eigenvalue weighted by Crippen LogP contribution is -2.28. The van der Waals surface area contributed by atoms with Gasteiger partial charge in [0, 0.05) is 19.5 Å². The second-order valence-corrected chi connectivity index (χ2v) is 10.0. The lowest BCUT2D eigenvalue weighted by atomic mass is 10.1. The summed E-state index contributed by atoms with van der Waals surface area (Å²) in [6.45, 7) is 5.01. The molecule has 1 aliphatic rings. The molecule has 5 rings (SSSR count). The first-order chi connectivity index (χ1) is 15.4. The number of ether oxygens (including phenoxy) is 2. The Morgan fingerprint density at radius 2 is 1.81 bits per heavy atom. The molecule has 32 heavy (non-hydrogen) atoms. The molecule has 4 aromatic rings. The van der Waals surface area contributed by atoms with Gasteiger partial charge in [-0.1, -0.05) is 26.0 Å². The number of sulfonamides is 1. The Balaban J connectivity index is 1.67. The molecule has 0 saturated heterocycles. The molecule has 10 heteroatoms. The number of para-hydroxylation sites is 2. The van der Waals surface area contributed by atoms with Crippen molar-refractivity contribution in [2.24, 2.45) is 5.92 Å². The van der Waals surface area contributed by atoms with E-state index in [4.69, 9.17) is 9.47 Å². The minimum atomic E-state index is -3.95. The molecule has 3 heterocycles. The van der Waals surface area contributed by atoms with Crippen LogP contribution in [0.15, 0.2) is 47.4 Å². The van der Waals surface area contributed by atoms with E-state index in [1.807, 2.05) is 28.7 Å². The summed E-state index contributed by atoms with van der Waals surface area (Å²) in [6.07, 6.45) is 0.702. The quantitative estimate of drug-likeness (QED) is 0.458. The molecule has 1 aliphatic heterocycles. The first kappa shape index (κ1) is 20.5. The van der Waals surface area contributed by atoms with Gasteiger partial charge in [0.2, 0.25) is 5.65 Å². The minimum Gasteiger partial charge on any atom is -0.486 e. The van der Waals surface area contributed by atoms with Gasteiger partial charge in [-0.15, -0.1) is 10.2 Å². The van der Waals surface area contributed by atoms with Gasteiger partial charge in [-0.25, -0.2) is 17.7 Å². The summed E-state index contributed by atoms with van der Waals surface area (Å²) in [6, 6.07) is 12.2. The van der Waals surface area contributed by atoms with Gasteiger partial charge >= 0.3 is 0 Å². The highest BCUT2D eigenvalue weighted by Gasteiger charge is 2.28. The number of fused-ring (bicyclic) bond motifs is 4. The van der Waals surface area contributed by atoms with E-state index in [1.54, 1.807) is 6.07 Å². The molecule has 0 radical (unpaired) electrons. The number of anilines is 1. The van der Waals surface area contributed by atoms with Gasteiger partial charge in [0.15, 0.2) is 17.3 Å². The Hall–Kier alpha value is -3.40. The Labute approximate surface area is 185 Å². The van der Waals surface area contributed by atoms with Crippen LogP contribution in [0.4, 0.5) is 5.82 Å². The lowest BCUT2D eigenvalue weighted by Gasteiger charge is -2.22. The van der Waals surface area contributed by atoms with Crippen molar-refractivity contribution >= 4 is 32.5 Å². The maximum atomic E-state index is 13.5. The third-order valence-corrected chi connectivity index (χ3v) is 7.08. The predicted molar refractivity (Wildman–Crippen MR) is 120 cm³/mol. The van der Waals surface area contributed by atoms with Crippen molar-refractivity contribution in [2.75, 3.05) is 24.6 Å². The normalized spacial score (nSPS) is 13.8. The summed E-state index contributed by atoms with van der Waals surface area (Å²) in [4.78, 5) is 4.73. The predicted octanol–water partition coefficient (Wildman–Crippen LogP) is 3.07. The molecule has 0 atom stereocenters. The molecule has 0 saturated carbocycles. The maximum Gasteiger partial charge on any atom is 0.265 e. The SMILES string of the molecule is CC(C)Cc1nnc2c(N(C)S(=O)(=O)c3ccc4c(c3)OCCO4)nc3ccccc3n12. The van der Waals surface area contributed by atoms with E-state index >= 15 is 0 Å². The van der Waals surface area contributed by atoms with Crippen molar-refractivity contribution in [3.8, 4) is 11.5 Å². The summed E-state index contributed by atoms with van der Waals surface area (Å²) >= 11 is 0. The van der Waals surface area contributed by atoms with Gasteiger partial charge in [-0.2, -0.15) is 0 Å². The second-order valence-electron chi connectivity index (χ2n) is 8.08. The summed E-state index contributed by atoms with van der Waals surface area (Å²) in [5, 5.41) is 8.68. The van der Waals surface area contributed by atoms with E-state index in [-0.39, 0.29) is 10.7 Å². The van der Waals surface area contributed by atoms with Crippen molar-refractivity contribution in [1.29, 1.82) is 0 Å². The third kappa shape index (κ3) is 3.31. The highest BCUT2D eigenvalue weighted by atomic mass is 32.2.